The van der Waals surface area contributed by atoms with Gasteiger partial charge in [-0.1, -0.05) is 5.16 Å². The third-order valence-corrected chi connectivity index (χ3v) is 3.43. The molecule has 2 aromatic heterocycles. The predicted octanol–water partition coefficient (Wildman–Crippen LogP) is 1.88. The Morgan fingerprint density at radius 1 is 1.39 bits per heavy atom. The van der Waals surface area contributed by atoms with E-state index in [0.29, 0.717) is 29.7 Å². The summed E-state index contributed by atoms with van der Waals surface area (Å²) in [6, 6.07) is 4.99. The van der Waals surface area contributed by atoms with E-state index in [1.165, 1.54) is 0 Å². The van der Waals surface area contributed by atoms with Gasteiger partial charge in [0.2, 0.25) is 5.82 Å². The summed E-state index contributed by atoms with van der Waals surface area (Å²) in [6.07, 6.45) is -2.79. The molecule has 7 nitrogen and oxygen atoms in total. The monoisotopic (exact) mass is 323 g/mol. The van der Waals surface area contributed by atoms with Crippen LogP contribution in [0.4, 0.5) is 8.78 Å². The minimum Gasteiger partial charge on any atom is -0.334 e. The number of nitrogens with zero attached hydrogens (tertiary/aromatic N) is 4. The molecule has 122 valence electrons. The number of nitrogens with one attached hydrogen (secondary N) is 1. The molecule has 0 spiro atoms. The lowest BCUT2D eigenvalue weighted by molar-refractivity contribution is 0.136. The second-order valence-electron chi connectivity index (χ2n) is 5.38. The second kappa shape index (κ2) is 5.92. The zero-order chi connectivity index (χ0) is 16.6. The van der Waals surface area contributed by atoms with Crippen molar-refractivity contribution >= 4 is 11.0 Å². The molecule has 9 heteroatoms. The maximum absolute atomic E-state index is 12.6. The lowest BCUT2D eigenvalue weighted by Crippen LogP contribution is -2.24. The molecule has 0 radical (unpaired) electrons. The number of aromatic amines is 1. The van der Waals surface area contributed by atoms with Gasteiger partial charge < -0.3 is 14.4 Å². The van der Waals surface area contributed by atoms with Gasteiger partial charge in [0.15, 0.2) is 0 Å². The maximum atomic E-state index is 12.6. The molecule has 1 aromatic carbocycles. The molecule has 0 aliphatic carbocycles. The third kappa shape index (κ3) is 3.00. The first-order chi connectivity index (χ1) is 11.0. The standard InChI is InChI=1S/C14H15F2N5O2/c1-20(2)5-6-21-10-7-8(3-4-9(10)17-14(21)22)13-18-12(11(15)16)19-23-13/h3-4,7,11H,5-6H2,1-2H3,(H,17,22). The molecular weight excluding hydrogens is 308 g/mol. The van der Waals surface area contributed by atoms with Gasteiger partial charge in [-0.3, -0.25) is 4.57 Å². The Labute approximate surface area is 129 Å². The van der Waals surface area contributed by atoms with Gasteiger partial charge in [0, 0.05) is 18.7 Å². The van der Waals surface area contributed by atoms with Crippen molar-refractivity contribution in [1.82, 2.24) is 24.6 Å². The lowest BCUT2D eigenvalue weighted by Gasteiger charge is -2.10. The van der Waals surface area contributed by atoms with E-state index < -0.39 is 12.2 Å². The van der Waals surface area contributed by atoms with E-state index in [-0.39, 0.29) is 11.6 Å². The molecule has 0 amide bonds. The highest BCUT2D eigenvalue weighted by molar-refractivity contribution is 5.80. The van der Waals surface area contributed by atoms with Gasteiger partial charge in [-0.2, -0.15) is 4.98 Å². The average molecular weight is 323 g/mol. The molecule has 0 saturated carbocycles. The van der Waals surface area contributed by atoms with Crippen molar-refractivity contribution in [2.45, 2.75) is 13.0 Å². The van der Waals surface area contributed by atoms with Crippen molar-refractivity contribution in [3.63, 3.8) is 0 Å². The van der Waals surface area contributed by atoms with Crippen molar-refractivity contribution in [2.24, 2.45) is 0 Å². The van der Waals surface area contributed by atoms with Crippen molar-refractivity contribution in [3.05, 3.63) is 34.5 Å². The van der Waals surface area contributed by atoms with Crippen LogP contribution in [0.25, 0.3) is 22.5 Å². The number of halogens is 2. The Balaban J connectivity index is 2.02. The predicted molar refractivity (Wildman–Crippen MR) is 79.4 cm³/mol. The first-order valence-electron chi connectivity index (χ1n) is 6.95. The van der Waals surface area contributed by atoms with E-state index in [2.05, 4.69) is 15.1 Å². The number of hydrogen-bond acceptors (Lipinski definition) is 5. The number of hydrogen-bond donors (Lipinski definition) is 1. The molecule has 0 atom stereocenters. The fraction of sp³-hybridized carbons (Fsp3) is 0.357. The van der Waals surface area contributed by atoms with Crippen LogP contribution in [0.5, 0.6) is 0 Å². The number of H-pyrrole nitrogens is 1. The molecule has 0 aliphatic heterocycles. The number of fused-ring (bicyclic) bond motifs is 1. The van der Waals surface area contributed by atoms with Crippen LogP contribution in [-0.2, 0) is 6.54 Å². The normalized spacial score (nSPS) is 11.9. The molecule has 0 unspecified atom stereocenters. The number of benzene rings is 1. The zero-order valence-corrected chi connectivity index (χ0v) is 12.6. The molecule has 0 aliphatic rings. The Hall–Kier alpha value is -2.55. The summed E-state index contributed by atoms with van der Waals surface area (Å²) >= 11 is 0. The largest absolute Gasteiger partial charge is 0.334 e. The van der Waals surface area contributed by atoms with Gasteiger partial charge >= 0.3 is 12.1 Å². The third-order valence-electron chi connectivity index (χ3n) is 3.43. The molecule has 3 rings (SSSR count). The molecule has 1 N–H and O–H groups in total. The highest BCUT2D eigenvalue weighted by atomic mass is 19.3. The van der Waals surface area contributed by atoms with Gasteiger partial charge in [0.1, 0.15) is 0 Å². The molecule has 0 fully saturated rings. The second-order valence-corrected chi connectivity index (χ2v) is 5.38. The average Bonchev–Trinajstić information content (AvgIpc) is 3.08. The lowest BCUT2D eigenvalue weighted by atomic mass is 10.2. The summed E-state index contributed by atoms with van der Waals surface area (Å²) in [5, 5.41) is 3.24. The molecular formula is C14H15F2N5O2. The van der Waals surface area contributed by atoms with E-state index in [9.17, 15) is 13.6 Å². The summed E-state index contributed by atoms with van der Waals surface area (Å²) in [7, 11) is 3.82. The number of imidazole rings is 1. The van der Waals surface area contributed by atoms with Gasteiger partial charge in [0.25, 0.3) is 5.89 Å². The van der Waals surface area contributed by atoms with Crippen LogP contribution in [-0.4, -0.2) is 45.2 Å². The minimum absolute atomic E-state index is 0.00462. The van der Waals surface area contributed by atoms with E-state index in [0.717, 1.165) is 0 Å². The number of aromatic nitrogens is 4. The Morgan fingerprint density at radius 3 is 2.83 bits per heavy atom. The van der Waals surface area contributed by atoms with Crippen LogP contribution < -0.4 is 5.69 Å². The van der Waals surface area contributed by atoms with E-state index in [4.69, 9.17) is 4.52 Å². The summed E-state index contributed by atoms with van der Waals surface area (Å²) in [4.78, 5) is 20.4. The van der Waals surface area contributed by atoms with Gasteiger partial charge in [0.05, 0.1) is 11.0 Å². The van der Waals surface area contributed by atoms with Gasteiger partial charge in [-0.25, -0.2) is 13.6 Å². The molecule has 0 bridgehead atoms. The quantitative estimate of drug-likeness (QED) is 0.775. The highest BCUT2D eigenvalue weighted by Gasteiger charge is 2.17. The van der Waals surface area contributed by atoms with Crippen LogP contribution in [0, 0.1) is 0 Å². The first-order valence-corrected chi connectivity index (χ1v) is 6.95. The van der Waals surface area contributed by atoms with Crippen LogP contribution in [0.15, 0.2) is 27.5 Å². The van der Waals surface area contributed by atoms with E-state index >= 15 is 0 Å². The van der Waals surface area contributed by atoms with E-state index in [1.54, 1.807) is 22.8 Å². The maximum Gasteiger partial charge on any atom is 0.326 e. The fourth-order valence-corrected chi connectivity index (χ4v) is 2.25. The molecule has 3 aromatic rings. The summed E-state index contributed by atoms with van der Waals surface area (Å²) in [5.74, 6) is -0.658. The van der Waals surface area contributed by atoms with E-state index in [1.807, 2.05) is 19.0 Å². The fourth-order valence-electron chi connectivity index (χ4n) is 2.25. The Morgan fingerprint density at radius 2 is 2.17 bits per heavy atom. The zero-order valence-electron chi connectivity index (χ0n) is 12.6. The van der Waals surface area contributed by atoms with Crippen molar-refractivity contribution < 1.29 is 13.3 Å². The summed E-state index contributed by atoms with van der Waals surface area (Å²) < 4.78 is 31.6. The first kappa shape index (κ1) is 15.3. The van der Waals surface area contributed by atoms with Crippen LogP contribution in [0.2, 0.25) is 0 Å². The Bertz CT molecular complexity index is 881. The molecule has 0 saturated heterocycles. The van der Waals surface area contributed by atoms with Crippen molar-refractivity contribution in [3.8, 4) is 11.5 Å². The summed E-state index contributed by atoms with van der Waals surface area (Å²) in [6.45, 7) is 1.19. The number of alkyl halides is 2. The molecule has 2 heterocycles. The topological polar surface area (TPSA) is 80.0 Å². The van der Waals surface area contributed by atoms with Gasteiger partial charge in [-0.15, -0.1) is 0 Å². The van der Waals surface area contributed by atoms with Crippen LogP contribution in [0.3, 0.4) is 0 Å². The SMILES string of the molecule is CN(C)CCn1c(=O)[nH]c2ccc(-c3nc(C(F)F)no3)cc21. The molecule has 23 heavy (non-hydrogen) atoms. The smallest absolute Gasteiger partial charge is 0.326 e. The highest BCUT2D eigenvalue weighted by Crippen LogP contribution is 2.24. The Kier molecular flexibility index (Phi) is 3.95. The van der Waals surface area contributed by atoms with Gasteiger partial charge in [-0.05, 0) is 32.3 Å². The van der Waals surface area contributed by atoms with Crippen LogP contribution >= 0.6 is 0 Å². The summed E-state index contributed by atoms with van der Waals surface area (Å²) in [5.41, 5.74) is 1.57. The number of likely N-dealkylation sites (N-methyl/N-ethyl adjacent to an activating group) is 1. The van der Waals surface area contributed by atoms with Crippen LogP contribution in [0.1, 0.15) is 12.2 Å². The number of rotatable bonds is 5. The van der Waals surface area contributed by atoms with Crippen molar-refractivity contribution in [2.75, 3.05) is 20.6 Å². The van der Waals surface area contributed by atoms with Crippen molar-refractivity contribution in [1.29, 1.82) is 0 Å². The minimum atomic E-state index is -2.79.